The molecule has 4 N–H and O–H groups in total. The average molecular weight is 511 g/mol. The van der Waals surface area contributed by atoms with Crippen LogP contribution >= 0.6 is 0 Å². The monoisotopic (exact) mass is 510 g/mol. The topological polar surface area (TPSA) is 123 Å². The van der Waals surface area contributed by atoms with Gasteiger partial charge in [-0.15, -0.1) is 0 Å². The van der Waals surface area contributed by atoms with Crippen LogP contribution < -0.4 is 16.0 Å². The molecule has 196 valence electrons. The van der Waals surface area contributed by atoms with Gasteiger partial charge in [0.15, 0.2) is 11.6 Å². The normalized spacial score (nSPS) is 26.9. The van der Waals surface area contributed by atoms with Gasteiger partial charge in [0.25, 0.3) is 5.91 Å². The van der Waals surface area contributed by atoms with E-state index in [4.69, 9.17) is 5.26 Å². The molecule has 4 bridgehead atoms. The van der Waals surface area contributed by atoms with Gasteiger partial charge in [0, 0.05) is 24.0 Å². The Morgan fingerprint density at radius 1 is 1.19 bits per heavy atom. The van der Waals surface area contributed by atoms with Crippen molar-refractivity contribution < 1.29 is 18.7 Å². The van der Waals surface area contributed by atoms with E-state index >= 15 is 0 Å². The second-order valence-electron chi connectivity index (χ2n) is 11.6. The molecule has 4 aliphatic rings. The Labute approximate surface area is 214 Å². The van der Waals surface area contributed by atoms with Gasteiger partial charge in [0.2, 0.25) is 0 Å². The minimum atomic E-state index is -1.64. The lowest BCUT2D eigenvalue weighted by molar-refractivity contribution is -0.00177. The summed E-state index contributed by atoms with van der Waals surface area (Å²) in [6, 6.07) is 4.58. The fourth-order valence-corrected chi connectivity index (χ4v) is 6.60. The van der Waals surface area contributed by atoms with Crippen LogP contribution in [0.2, 0.25) is 0 Å². The number of aliphatic hydroxyl groups is 1. The summed E-state index contributed by atoms with van der Waals surface area (Å²) in [5.41, 5.74) is -0.833. The van der Waals surface area contributed by atoms with Crippen LogP contribution in [0.3, 0.4) is 0 Å². The van der Waals surface area contributed by atoms with Crippen LogP contribution in [0.1, 0.15) is 68.3 Å². The van der Waals surface area contributed by atoms with Gasteiger partial charge in [0.1, 0.15) is 18.1 Å². The number of nitriles is 1. The number of alkyl halides is 1. The third-order valence-corrected chi connectivity index (χ3v) is 8.01. The fourth-order valence-electron chi connectivity index (χ4n) is 6.60. The highest BCUT2D eigenvalue weighted by Crippen LogP contribution is 2.56. The number of carbonyl (C=O) groups is 1. The summed E-state index contributed by atoms with van der Waals surface area (Å²) >= 11 is 0. The highest BCUT2D eigenvalue weighted by atomic mass is 19.1. The first-order valence-electron chi connectivity index (χ1n) is 12.8. The average Bonchev–Trinajstić information content (AvgIpc) is 2.82. The predicted molar refractivity (Wildman–Crippen MR) is 134 cm³/mol. The molecule has 4 saturated carbocycles. The minimum Gasteiger partial charge on any atom is -0.387 e. The Kier molecular flexibility index (Phi) is 6.52. The van der Waals surface area contributed by atoms with Crippen LogP contribution in [0, 0.1) is 34.9 Å². The first kappa shape index (κ1) is 25.3. The van der Waals surface area contributed by atoms with Crippen molar-refractivity contribution in [3.05, 3.63) is 41.5 Å². The van der Waals surface area contributed by atoms with Crippen molar-refractivity contribution in [2.75, 3.05) is 17.2 Å². The van der Waals surface area contributed by atoms with E-state index in [2.05, 4.69) is 25.9 Å². The maximum atomic E-state index is 14.5. The van der Waals surface area contributed by atoms with E-state index in [1.807, 2.05) is 6.07 Å². The summed E-state index contributed by atoms with van der Waals surface area (Å²) in [5, 5.41) is 27.9. The lowest BCUT2D eigenvalue weighted by atomic mass is 9.53. The molecule has 2 aromatic rings. The number of rotatable bonds is 8. The molecule has 1 unspecified atom stereocenters. The van der Waals surface area contributed by atoms with Gasteiger partial charge in [-0.25, -0.2) is 18.7 Å². The molecule has 1 amide bonds. The molecule has 0 saturated heterocycles. The number of carbonyl (C=O) groups excluding carboxylic acids is 1. The van der Waals surface area contributed by atoms with Gasteiger partial charge in [-0.3, -0.25) is 4.79 Å². The summed E-state index contributed by atoms with van der Waals surface area (Å²) in [4.78, 5) is 21.4. The van der Waals surface area contributed by atoms with E-state index in [9.17, 15) is 18.7 Å². The minimum absolute atomic E-state index is 0.0881. The Morgan fingerprint density at radius 2 is 1.84 bits per heavy atom. The highest BCUT2D eigenvalue weighted by molar-refractivity contribution is 6.00. The molecule has 0 radical (unpaired) electrons. The Hall–Kier alpha value is -3.32. The van der Waals surface area contributed by atoms with Crippen LogP contribution in [0.25, 0.3) is 0 Å². The van der Waals surface area contributed by atoms with Crippen molar-refractivity contribution >= 4 is 23.2 Å². The van der Waals surface area contributed by atoms with E-state index in [1.165, 1.54) is 45.5 Å². The molecule has 37 heavy (non-hydrogen) atoms. The van der Waals surface area contributed by atoms with E-state index in [-0.39, 0.29) is 34.8 Å². The highest BCUT2D eigenvalue weighted by Gasteiger charge is 2.51. The Bertz CT molecular complexity index is 1200. The van der Waals surface area contributed by atoms with Crippen molar-refractivity contribution in [2.24, 2.45) is 17.8 Å². The Balaban J connectivity index is 1.42. The molecule has 0 aromatic carbocycles. The smallest absolute Gasteiger partial charge is 0.255 e. The van der Waals surface area contributed by atoms with Crippen LogP contribution in [0.15, 0.2) is 24.5 Å². The van der Waals surface area contributed by atoms with Crippen LogP contribution in [0.4, 0.5) is 26.1 Å². The lowest BCUT2D eigenvalue weighted by Crippen LogP contribution is -2.55. The fraction of sp³-hybridized carbons (Fsp3) is 0.556. The molecule has 10 heteroatoms. The third kappa shape index (κ3) is 5.37. The predicted octanol–water partition coefficient (Wildman–Crippen LogP) is 4.45. The van der Waals surface area contributed by atoms with Crippen molar-refractivity contribution in [3.8, 4) is 6.07 Å². The summed E-state index contributed by atoms with van der Waals surface area (Å²) in [6.07, 6.45) is 7.86. The second kappa shape index (κ2) is 9.53. The maximum Gasteiger partial charge on any atom is 0.255 e. The number of hydrogen-bond acceptors (Lipinski definition) is 7. The number of hydrogen-bond donors (Lipinski definition) is 4. The van der Waals surface area contributed by atoms with Gasteiger partial charge < -0.3 is 21.1 Å². The molecule has 0 aliphatic heterocycles. The number of nitrogens with zero attached hydrogens (tertiary/aromatic N) is 3. The molecule has 1 atom stereocenters. The van der Waals surface area contributed by atoms with E-state index in [0.29, 0.717) is 23.4 Å². The van der Waals surface area contributed by atoms with E-state index < -0.39 is 23.5 Å². The van der Waals surface area contributed by atoms with Crippen molar-refractivity contribution in [1.29, 1.82) is 5.26 Å². The van der Waals surface area contributed by atoms with Crippen molar-refractivity contribution in [2.45, 2.75) is 69.7 Å². The van der Waals surface area contributed by atoms with Gasteiger partial charge in [0.05, 0.1) is 29.0 Å². The van der Waals surface area contributed by atoms with Gasteiger partial charge in [-0.1, -0.05) is 0 Å². The zero-order valence-electron chi connectivity index (χ0n) is 21.0. The number of aromatic nitrogens is 2. The summed E-state index contributed by atoms with van der Waals surface area (Å²) in [6.45, 7) is 2.35. The van der Waals surface area contributed by atoms with Crippen LogP contribution in [-0.2, 0) is 0 Å². The number of nitrogens with one attached hydrogen (secondary N) is 3. The largest absolute Gasteiger partial charge is 0.387 e. The molecule has 2 heterocycles. The van der Waals surface area contributed by atoms with E-state index in [1.54, 1.807) is 6.07 Å². The lowest BCUT2D eigenvalue weighted by Gasteiger charge is -2.57. The maximum absolute atomic E-state index is 14.5. The number of halogens is 2. The van der Waals surface area contributed by atoms with Crippen molar-refractivity contribution in [3.63, 3.8) is 0 Å². The number of amides is 1. The van der Waals surface area contributed by atoms with Gasteiger partial charge in [-0.2, -0.15) is 5.26 Å². The third-order valence-electron chi connectivity index (χ3n) is 8.01. The van der Waals surface area contributed by atoms with Crippen LogP contribution in [0.5, 0.6) is 0 Å². The first-order chi connectivity index (χ1) is 17.5. The standard InChI is InChI=1S/C27H32F2N6O2/c1-26(2,37)22(29)14-33-25(36)19-13-31-23(34-24-20(28)6-18(11-30)12-32-24)7-21(19)35-27-8-15-3-16(9-27)5-17(4-15)10-27/h6-7,12-13,15-17,22,37H,3-5,8-10,14H2,1-2H3,(H,33,36)(H2,31,32,34,35). The zero-order valence-corrected chi connectivity index (χ0v) is 21.0. The van der Waals surface area contributed by atoms with E-state index in [0.717, 1.165) is 25.3 Å². The molecule has 4 aliphatic carbocycles. The zero-order chi connectivity index (χ0) is 26.4. The molecular weight excluding hydrogens is 478 g/mol. The molecular formula is C27H32F2N6O2. The van der Waals surface area contributed by atoms with Crippen LogP contribution in [-0.4, -0.2) is 44.8 Å². The van der Waals surface area contributed by atoms with Crippen molar-refractivity contribution in [1.82, 2.24) is 15.3 Å². The molecule has 0 spiro atoms. The molecule has 6 rings (SSSR count). The molecule has 8 nitrogen and oxygen atoms in total. The SMILES string of the molecule is CC(C)(O)C(F)CNC(=O)c1cnc(Nc2ncc(C#N)cc2F)cc1NC12CC3CC(CC(C3)C1)C2. The quantitative estimate of drug-likeness (QED) is 0.414. The first-order valence-corrected chi connectivity index (χ1v) is 12.8. The second-order valence-corrected chi connectivity index (χ2v) is 11.6. The molecule has 4 fully saturated rings. The number of pyridine rings is 2. The summed E-state index contributed by atoms with van der Waals surface area (Å²) in [7, 11) is 0. The summed E-state index contributed by atoms with van der Waals surface area (Å²) in [5.74, 6) is 0.999. The molecule has 2 aromatic heterocycles. The van der Waals surface area contributed by atoms with Gasteiger partial charge in [-0.05, 0) is 76.2 Å². The summed E-state index contributed by atoms with van der Waals surface area (Å²) < 4.78 is 28.8. The van der Waals surface area contributed by atoms with Gasteiger partial charge >= 0.3 is 0 Å². The number of anilines is 3. The Morgan fingerprint density at radius 3 is 2.41 bits per heavy atom.